The van der Waals surface area contributed by atoms with Crippen LogP contribution in [0, 0.1) is 0 Å². The minimum absolute atomic E-state index is 0.0339. The van der Waals surface area contributed by atoms with E-state index in [1.54, 1.807) is 0 Å². The second kappa shape index (κ2) is 8.08. The zero-order valence-electron chi connectivity index (χ0n) is 11.1. The van der Waals surface area contributed by atoms with Crippen molar-refractivity contribution in [3.63, 3.8) is 0 Å². The van der Waals surface area contributed by atoms with Crippen LogP contribution in [-0.4, -0.2) is 11.7 Å². The van der Waals surface area contributed by atoms with Gasteiger partial charge in [0.15, 0.2) is 0 Å². The van der Waals surface area contributed by atoms with Gasteiger partial charge in [-0.25, -0.2) is 0 Å². The maximum atomic E-state index is 13.9. The van der Waals surface area contributed by atoms with Crippen LogP contribution >= 0.6 is 34.2 Å². The van der Waals surface area contributed by atoms with Crippen molar-refractivity contribution >= 4 is 40.0 Å². The van der Waals surface area contributed by atoms with Gasteiger partial charge >= 0.3 is 5.92 Å². The number of hydrogen-bond donors (Lipinski definition) is 0. The van der Waals surface area contributed by atoms with Gasteiger partial charge in [-0.15, -0.1) is 0 Å². The Bertz CT molecular complexity index is 483. The summed E-state index contributed by atoms with van der Waals surface area (Å²) in [6.07, 6.45) is 4.23. The SMILES string of the molecule is CCCCC/C(I)=C\C(F)(F)C(=O)c1ccc(Cl)cc1. The third-order valence-corrected chi connectivity index (χ3v) is 3.87. The van der Waals surface area contributed by atoms with Crippen LogP contribution in [0.5, 0.6) is 0 Å². The standard InChI is InChI=1S/C15H16ClF2IO/c1-2-3-4-5-13(19)10-15(17,18)14(20)11-6-8-12(16)9-7-11/h6-10H,2-5H2,1H3/b13-10+. The third kappa shape index (κ3) is 5.48. The van der Waals surface area contributed by atoms with E-state index in [4.69, 9.17) is 11.6 Å². The number of allylic oxidation sites excluding steroid dienone is 2. The fourth-order valence-electron chi connectivity index (χ4n) is 1.67. The molecule has 0 heterocycles. The van der Waals surface area contributed by atoms with Crippen LogP contribution in [0.2, 0.25) is 5.02 Å². The van der Waals surface area contributed by atoms with E-state index in [1.807, 2.05) is 22.6 Å². The minimum atomic E-state index is -3.48. The van der Waals surface area contributed by atoms with Crippen LogP contribution in [0.25, 0.3) is 0 Å². The van der Waals surface area contributed by atoms with Crippen molar-refractivity contribution in [3.8, 4) is 0 Å². The molecule has 0 saturated heterocycles. The molecule has 0 unspecified atom stereocenters. The maximum absolute atomic E-state index is 13.9. The quantitative estimate of drug-likeness (QED) is 0.302. The Morgan fingerprint density at radius 1 is 1.30 bits per heavy atom. The molecule has 0 radical (unpaired) electrons. The highest BCUT2D eigenvalue weighted by molar-refractivity contribution is 14.1. The van der Waals surface area contributed by atoms with Crippen molar-refractivity contribution in [1.82, 2.24) is 0 Å². The summed E-state index contributed by atoms with van der Waals surface area (Å²) in [6.45, 7) is 2.05. The number of unbranched alkanes of at least 4 members (excludes halogenated alkanes) is 2. The van der Waals surface area contributed by atoms with Gasteiger partial charge in [-0.05, 0) is 63.3 Å². The topological polar surface area (TPSA) is 17.1 Å². The average molecular weight is 413 g/mol. The zero-order chi connectivity index (χ0) is 15.2. The van der Waals surface area contributed by atoms with Crippen molar-refractivity contribution in [2.24, 2.45) is 0 Å². The molecule has 1 nitrogen and oxygen atoms in total. The summed E-state index contributed by atoms with van der Waals surface area (Å²) >= 11 is 7.55. The molecular formula is C15H16ClF2IO. The second-order valence-electron chi connectivity index (χ2n) is 4.51. The van der Waals surface area contributed by atoms with E-state index in [9.17, 15) is 13.6 Å². The highest BCUT2D eigenvalue weighted by atomic mass is 127. The number of halogens is 4. The number of Topliss-reactive ketones (excluding diaryl/α,β-unsaturated/α-hetero) is 1. The molecule has 0 atom stereocenters. The summed E-state index contributed by atoms with van der Waals surface area (Å²) in [4.78, 5) is 11.8. The minimum Gasteiger partial charge on any atom is -0.287 e. The molecule has 0 aliphatic rings. The molecule has 20 heavy (non-hydrogen) atoms. The molecule has 0 aliphatic carbocycles. The number of rotatable bonds is 7. The lowest BCUT2D eigenvalue weighted by atomic mass is 10.0. The summed E-state index contributed by atoms with van der Waals surface area (Å²) in [5, 5.41) is 0.412. The molecule has 0 N–H and O–H groups in total. The van der Waals surface area contributed by atoms with Crippen LogP contribution in [0.1, 0.15) is 43.0 Å². The first kappa shape index (κ1) is 17.6. The Morgan fingerprint density at radius 2 is 1.90 bits per heavy atom. The number of benzene rings is 1. The first-order valence-corrected chi connectivity index (χ1v) is 7.88. The summed E-state index contributed by atoms with van der Waals surface area (Å²) in [7, 11) is 0. The Hall–Kier alpha value is -0.490. The molecule has 5 heteroatoms. The summed E-state index contributed by atoms with van der Waals surface area (Å²) < 4.78 is 28.3. The summed E-state index contributed by atoms with van der Waals surface area (Å²) in [5.74, 6) is -4.67. The van der Waals surface area contributed by atoms with Crippen LogP contribution < -0.4 is 0 Å². The fraction of sp³-hybridized carbons (Fsp3) is 0.400. The van der Waals surface area contributed by atoms with Crippen molar-refractivity contribution < 1.29 is 13.6 Å². The number of ketones is 1. The maximum Gasteiger partial charge on any atom is 0.329 e. The second-order valence-corrected chi connectivity index (χ2v) is 6.33. The molecule has 0 aromatic heterocycles. The number of hydrogen-bond acceptors (Lipinski definition) is 1. The van der Waals surface area contributed by atoms with E-state index in [1.165, 1.54) is 24.3 Å². The molecule has 1 aromatic carbocycles. The highest BCUT2D eigenvalue weighted by Gasteiger charge is 2.37. The first-order chi connectivity index (χ1) is 9.36. The molecule has 0 fully saturated rings. The van der Waals surface area contributed by atoms with Gasteiger partial charge in [-0.2, -0.15) is 8.78 Å². The van der Waals surface area contributed by atoms with E-state index in [0.717, 1.165) is 25.3 Å². The van der Waals surface area contributed by atoms with Gasteiger partial charge < -0.3 is 0 Å². The van der Waals surface area contributed by atoms with E-state index in [-0.39, 0.29) is 5.56 Å². The number of carbonyl (C=O) groups excluding carboxylic acids is 1. The normalized spacial score (nSPS) is 12.6. The van der Waals surface area contributed by atoms with Crippen molar-refractivity contribution in [3.05, 3.63) is 44.5 Å². The van der Waals surface area contributed by atoms with Crippen LogP contribution in [0.15, 0.2) is 33.9 Å². The predicted molar refractivity (Wildman–Crippen MR) is 87.0 cm³/mol. The lowest BCUT2D eigenvalue weighted by Gasteiger charge is -2.12. The van der Waals surface area contributed by atoms with Gasteiger partial charge in [0, 0.05) is 16.7 Å². The summed E-state index contributed by atoms with van der Waals surface area (Å²) in [6, 6.07) is 5.49. The van der Waals surface area contributed by atoms with E-state index in [0.29, 0.717) is 15.0 Å². The molecular weight excluding hydrogens is 397 g/mol. The molecule has 1 rings (SSSR count). The zero-order valence-corrected chi connectivity index (χ0v) is 14.0. The van der Waals surface area contributed by atoms with Crippen LogP contribution in [0.3, 0.4) is 0 Å². The van der Waals surface area contributed by atoms with E-state index in [2.05, 4.69) is 6.92 Å². The lowest BCUT2D eigenvalue weighted by molar-refractivity contribution is 0.0379. The van der Waals surface area contributed by atoms with Crippen LogP contribution in [-0.2, 0) is 0 Å². The fourth-order valence-corrected chi connectivity index (χ4v) is 2.57. The molecule has 0 saturated carbocycles. The van der Waals surface area contributed by atoms with Gasteiger partial charge in [0.05, 0.1) is 0 Å². The van der Waals surface area contributed by atoms with Crippen molar-refractivity contribution in [1.29, 1.82) is 0 Å². The Balaban J connectivity index is 2.78. The molecule has 0 aliphatic heterocycles. The largest absolute Gasteiger partial charge is 0.329 e. The predicted octanol–water partition coefficient (Wildman–Crippen LogP) is 6.06. The van der Waals surface area contributed by atoms with E-state index < -0.39 is 11.7 Å². The smallest absolute Gasteiger partial charge is 0.287 e. The first-order valence-electron chi connectivity index (χ1n) is 6.42. The molecule has 110 valence electrons. The lowest BCUT2D eigenvalue weighted by Crippen LogP contribution is -2.26. The highest BCUT2D eigenvalue weighted by Crippen LogP contribution is 2.28. The average Bonchev–Trinajstić information content (AvgIpc) is 2.38. The third-order valence-electron chi connectivity index (χ3n) is 2.77. The molecule has 0 bridgehead atoms. The van der Waals surface area contributed by atoms with Crippen molar-refractivity contribution in [2.45, 2.75) is 38.5 Å². The number of carbonyl (C=O) groups is 1. The van der Waals surface area contributed by atoms with Gasteiger partial charge in [0.25, 0.3) is 0 Å². The summed E-state index contributed by atoms with van der Waals surface area (Å²) in [5.41, 5.74) is -0.0339. The number of alkyl halides is 2. The Labute approximate surface area is 136 Å². The van der Waals surface area contributed by atoms with Gasteiger partial charge in [0.2, 0.25) is 5.78 Å². The van der Waals surface area contributed by atoms with Gasteiger partial charge in [-0.3, -0.25) is 4.79 Å². The van der Waals surface area contributed by atoms with Gasteiger partial charge in [-0.1, -0.05) is 31.4 Å². The van der Waals surface area contributed by atoms with E-state index >= 15 is 0 Å². The van der Waals surface area contributed by atoms with Gasteiger partial charge in [0.1, 0.15) is 0 Å². The molecule has 0 spiro atoms. The van der Waals surface area contributed by atoms with Crippen molar-refractivity contribution in [2.75, 3.05) is 0 Å². The van der Waals surface area contributed by atoms with Crippen LogP contribution in [0.4, 0.5) is 8.78 Å². The molecule has 0 amide bonds. The molecule has 1 aromatic rings. The Kier molecular flexibility index (Phi) is 7.09. The monoisotopic (exact) mass is 412 g/mol. The Morgan fingerprint density at radius 3 is 2.45 bits per heavy atom.